The Bertz CT molecular complexity index is 1750. The molecular formula is C37H39N2OPtSi-. The maximum absolute atomic E-state index is 11.1. The number of benzene rings is 4. The van der Waals surface area contributed by atoms with Crippen LogP contribution in [0.3, 0.4) is 0 Å². The van der Waals surface area contributed by atoms with Crippen molar-refractivity contribution in [3.05, 3.63) is 126 Å². The second-order valence-electron chi connectivity index (χ2n) is 12.7. The van der Waals surface area contributed by atoms with Crippen LogP contribution in [-0.4, -0.2) is 22.7 Å². The molecule has 218 valence electrons. The summed E-state index contributed by atoms with van der Waals surface area (Å²) in [5.74, 6) is 0.929. The summed E-state index contributed by atoms with van der Waals surface area (Å²) < 4.78 is 2.15. The Morgan fingerprint density at radius 2 is 1.64 bits per heavy atom. The van der Waals surface area contributed by atoms with E-state index in [0.29, 0.717) is 11.4 Å². The van der Waals surface area contributed by atoms with Crippen molar-refractivity contribution in [2.45, 2.75) is 52.2 Å². The van der Waals surface area contributed by atoms with Crippen LogP contribution in [0.25, 0.3) is 39.2 Å². The van der Waals surface area contributed by atoms with Crippen molar-refractivity contribution in [3.63, 3.8) is 0 Å². The predicted octanol–water partition coefficient (Wildman–Crippen LogP) is 9.69. The third-order valence-electron chi connectivity index (χ3n) is 7.57. The zero-order valence-electron chi connectivity index (χ0n) is 25.3. The quantitative estimate of drug-likeness (QED) is 0.102. The van der Waals surface area contributed by atoms with Gasteiger partial charge in [-0.05, 0) is 47.7 Å². The molecule has 0 aliphatic carbocycles. The Morgan fingerprint density at radius 3 is 2.33 bits per heavy atom. The van der Waals surface area contributed by atoms with Gasteiger partial charge in [0.25, 0.3) is 0 Å². The molecule has 0 bridgehead atoms. The average Bonchev–Trinajstić information content (AvgIpc) is 3.32. The third kappa shape index (κ3) is 6.61. The molecule has 0 radical (unpaired) electrons. The van der Waals surface area contributed by atoms with Crippen LogP contribution in [0.15, 0.2) is 109 Å². The molecule has 42 heavy (non-hydrogen) atoms. The molecule has 1 heterocycles. The molecular weight excluding hydrogens is 712 g/mol. The van der Waals surface area contributed by atoms with E-state index >= 15 is 0 Å². The topological polar surface area (TPSA) is 38.1 Å². The summed E-state index contributed by atoms with van der Waals surface area (Å²) in [5.41, 5.74) is 7.78. The zero-order chi connectivity index (χ0) is 29.4. The fourth-order valence-electron chi connectivity index (χ4n) is 4.89. The van der Waals surface area contributed by atoms with E-state index in [1.807, 2.05) is 24.3 Å². The number of fused-ring (bicyclic) bond motifs is 1. The molecule has 0 aliphatic heterocycles. The van der Waals surface area contributed by atoms with Gasteiger partial charge >= 0.3 is 0 Å². The van der Waals surface area contributed by atoms with E-state index in [0.717, 1.165) is 45.4 Å². The van der Waals surface area contributed by atoms with Gasteiger partial charge in [0.2, 0.25) is 0 Å². The van der Waals surface area contributed by atoms with Crippen molar-refractivity contribution in [1.82, 2.24) is 9.55 Å². The Balaban J connectivity index is 0.00000405. The van der Waals surface area contributed by atoms with Crippen molar-refractivity contribution in [3.8, 4) is 34.0 Å². The van der Waals surface area contributed by atoms with Crippen molar-refractivity contribution in [2.75, 3.05) is 0 Å². The molecule has 5 aromatic rings. The van der Waals surface area contributed by atoms with E-state index in [1.165, 1.54) is 5.20 Å². The van der Waals surface area contributed by atoms with E-state index in [9.17, 15) is 5.11 Å². The van der Waals surface area contributed by atoms with Crippen LogP contribution in [-0.2, 0) is 32.9 Å². The van der Waals surface area contributed by atoms with Gasteiger partial charge in [0.1, 0.15) is 11.6 Å². The first-order valence-corrected chi connectivity index (χ1v) is 17.7. The number of phenols is 1. The number of hydrogen-bond donors (Lipinski definition) is 1. The summed E-state index contributed by atoms with van der Waals surface area (Å²) in [4.78, 5) is 5.22. The molecule has 0 atom stereocenters. The number of para-hydroxylation sites is 2. The summed E-state index contributed by atoms with van der Waals surface area (Å²) in [6.07, 6.45) is 5.17. The van der Waals surface area contributed by atoms with Crippen LogP contribution >= 0.6 is 0 Å². The predicted molar refractivity (Wildman–Crippen MR) is 176 cm³/mol. The Labute approximate surface area is 265 Å². The first kappa shape index (κ1) is 31.5. The number of hydrogen-bond acceptors (Lipinski definition) is 2. The van der Waals surface area contributed by atoms with E-state index in [1.54, 1.807) is 6.07 Å². The fourth-order valence-corrected chi connectivity index (χ4v) is 5.51. The number of aromatic hydroxyl groups is 1. The second-order valence-corrected chi connectivity index (χ2v) is 17.9. The molecule has 0 aliphatic rings. The van der Waals surface area contributed by atoms with Crippen molar-refractivity contribution < 1.29 is 26.2 Å². The zero-order valence-corrected chi connectivity index (χ0v) is 28.6. The molecule has 3 nitrogen and oxygen atoms in total. The molecule has 5 rings (SSSR count). The van der Waals surface area contributed by atoms with Crippen LogP contribution in [0.1, 0.15) is 31.9 Å². The molecule has 0 spiro atoms. The Kier molecular flexibility index (Phi) is 9.30. The summed E-state index contributed by atoms with van der Waals surface area (Å²) >= 11 is 0. The molecule has 0 amide bonds. The first-order valence-electron chi connectivity index (χ1n) is 14.2. The van der Waals surface area contributed by atoms with Crippen LogP contribution in [0, 0.1) is 6.07 Å². The van der Waals surface area contributed by atoms with Crippen LogP contribution in [0.5, 0.6) is 5.75 Å². The normalized spacial score (nSPS) is 12.0. The van der Waals surface area contributed by atoms with E-state index < -0.39 is 8.07 Å². The average molecular weight is 751 g/mol. The minimum atomic E-state index is -1.39. The molecule has 0 unspecified atom stereocenters. The van der Waals surface area contributed by atoms with Gasteiger partial charge in [0.05, 0.1) is 24.7 Å². The first-order chi connectivity index (χ1) is 19.4. The summed E-state index contributed by atoms with van der Waals surface area (Å²) in [6.45, 7) is 17.8. The van der Waals surface area contributed by atoms with E-state index in [-0.39, 0.29) is 32.2 Å². The number of aromatic nitrogens is 2. The monoisotopic (exact) mass is 750 g/mol. The smallest absolute Gasteiger partial charge is 0.148 e. The molecule has 1 N–H and O–H groups in total. The van der Waals surface area contributed by atoms with Gasteiger partial charge in [-0.15, -0.1) is 35.4 Å². The minimum absolute atomic E-state index is 0. The van der Waals surface area contributed by atoms with Gasteiger partial charge in [-0.2, -0.15) is 0 Å². The fraction of sp³-hybridized carbons (Fsp3) is 0.216. The van der Waals surface area contributed by atoms with Crippen LogP contribution in [0.2, 0.25) is 19.6 Å². The summed E-state index contributed by atoms with van der Waals surface area (Å²) in [6, 6.07) is 32.3. The Morgan fingerprint density at radius 1 is 0.929 bits per heavy atom. The van der Waals surface area contributed by atoms with Gasteiger partial charge in [-0.3, -0.25) is 4.57 Å². The summed E-state index contributed by atoms with van der Waals surface area (Å²) in [7, 11) is -1.39. The SMILES string of the molecule is C=C(/C=C\Cc1[c-]c(-c2cccc3c2nc(-c2cc(C(C)(C)C)ccc2O)n3-c2ccccc2)ccc1)[Si](C)(C)C.[Pt]. The number of imidazole rings is 1. The number of allylic oxidation sites excluding steroid dienone is 3. The van der Waals surface area contributed by atoms with Crippen molar-refractivity contribution in [2.24, 2.45) is 0 Å². The van der Waals surface area contributed by atoms with E-state index in [4.69, 9.17) is 4.98 Å². The van der Waals surface area contributed by atoms with Crippen LogP contribution in [0.4, 0.5) is 0 Å². The van der Waals surface area contributed by atoms with E-state index in [2.05, 4.69) is 124 Å². The second kappa shape index (κ2) is 12.4. The van der Waals surface area contributed by atoms with Crippen molar-refractivity contribution >= 4 is 19.1 Å². The van der Waals surface area contributed by atoms with Gasteiger partial charge < -0.3 is 5.11 Å². The molecule has 5 heteroatoms. The maximum Gasteiger partial charge on any atom is 0.148 e. The number of nitrogens with zero attached hydrogens (tertiary/aromatic N) is 2. The third-order valence-corrected chi connectivity index (χ3v) is 9.66. The number of phenolic OH excluding ortho intramolecular Hbond substituents is 1. The largest absolute Gasteiger partial charge is 0.507 e. The molecule has 0 saturated heterocycles. The molecule has 1 aromatic heterocycles. The van der Waals surface area contributed by atoms with Gasteiger partial charge in [-0.1, -0.05) is 106 Å². The molecule has 0 saturated carbocycles. The van der Waals surface area contributed by atoms with Gasteiger partial charge in [0.15, 0.2) is 0 Å². The Hall–Kier alpha value is -3.46. The minimum Gasteiger partial charge on any atom is -0.507 e. The standard InChI is InChI=1S/C37H39N2OSi.Pt/c1-26(41(5,6)7)14-11-15-27-16-12-17-28(24-27)31-20-13-21-33-35(31)38-36(39(33)30-18-9-8-10-19-30)32-25-29(37(2,3)4)22-23-34(32)40;/h8-14,16-23,25,40H,1,15H2,2-7H3;/q-1;/b14-11-;. The molecule has 4 aromatic carbocycles. The van der Waals surface area contributed by atoms with Crippen LogP contribution < -0.4 is 0 Å². The maximum atomic E-state index is 11.1. The van der Waals surface area contributed by atoms with Crippen molar-refractivity contribution in [1.29, 1.82) is 0 Å². The van der Waals surface area contributed by atoms with Gasteiger partial charge in [-0.25, -0.2) is 4.98 Å². The number of rotatable bonds is 7. The summed E-state index contributed by atoms with van der Waals surface area (Å²) in [5, 5.41) is 12.3. The molecule has 0 fully saturated rings. The van der Waals surface area contributed by atoms with Gasteiger partial charge in [0, 0.05) is 26.8 Å².